The second-order valence-electron chi connectivity index (χ2n) is 5.89. The predicted octanol–water partition coefficient (Wildman–Crippen LogP) is 4.64. The molecule has 1 saturated carbocycles. The van der Waals surface area contributed by atoms with Crippen LogP contribution in [0.5, 0.6) is 0 Å². The molecule has 2 rings (SSSR count). The number of nitrogens with zero attached hydrogens (tertiary/aromatic N) is 1. The zero-order chi connectivity index (χ0) is 15.2. The number of anilines is 1. The Bertz CT molecular complexity index is 482. The van der Waals surface area contributed by atoms with Crippen molar-refractivity contribution in [2.75, 3.05) is 4.31 Å². The topological polar surface area (TPSA) is 32.3 Å². The lowest BCUT2D eigenvalue weighted by molar-refractivity contribution is 0.245. The molecule has 0 saturated heterocycles. The number of rotatable bonds is 3. The van der Waals surface area contributed by atoms with E-state index in [1.807, 2.05) is 19.1 Å². The molecule has 0 aromatic heterocycles. The number of amides is 2. The summed E-state index contributed by atoms with van der Waals surface area (Å²) in [4.78, 5) is 12.5. The lowest BCUT2D eigenvalue weighted by atomic mass is 10.1. The maximum Gasteiger partial charge on any atom is 0.332 e. The summed E-state index contributed by atoms with van der Waals surface area (Å²) < 4.78 is 1.49. The molecule has 21 heavy (non-hydrogen) atoms. The van der Waals surface area contributed by atoms with E-state index < -0.39 is 0 Å². The van der Waals surface area contributed by atoms with E-state index in [1.54, 1.807) is 0 Å². The van der Waals surface area contributed by atoms with Crippen LogP contribution in [0.1, 0.15) is 56.6 Å². The molecule has 0 radical (unpaired) electrons. The second-order valence-corrected chi connectivity index (χ2v) is 6.29. The van der Waals surface area contributed by atoms with Gasteiger partial charge in [0.1, 0.15) is 0 Å². The van der Waals surface area contributed by atoms with Crippen molar-refractivity contribution in [2.45, 2.75) is 64.8 Å². The predicted molar refractivity (Wildman–Crippen MR) is 92.0 cm³/mol. The van der Waals surface area contributed by atoms with Crippen molar-refractivity contribution >= 4 is 24.5 Å². The van der Waals surface area contributed by atoms with Gasteiger partial charge in [-0.2, -0.15) is 0 Å². The number of hydrogen-bond acceptors (Lipinski definition) is 2. The Morgan fingerprint density at radius 1 is 1.29 bits per heavy atom. The van der Waals surface area contributed by atoms with E-state index in [9.17, 15) is 4.79 Å². The fraction of sp³-hybridized carbons (Fsp3) is 0.588. The molecule has 0 atom stereocenters. The number of carbonyl (C=O) groups excluding carboxylic acids is 1. The first kappa shape index (κ1) is 16.2. The first-order valence-electron chi connectivity index (χ1n) is 8.01. The summed E-state index contributed by atoms with van der Waals surface area (Å²) in [5, 5.41) is 3.15. The molecule has 1 N–H and O–H groups in total. The van der Waals surface area contributed by atoms with Gasteiger partial charge >= 0.3 is 6.03 Å². The number of benzene rings is 1. The van der Waals surface area contributed by atoms with Crippen LogP contribution in [0, 0.1) is 6.92 Å². The second kappa shape index (κ2) is 7.74. The van der Waals surface area contributed by atoms with Crippen molar-refractivity contribution in [3.05, 3.63) is 29.3 Å². The van der Waals surface area contributed by atoms with Gasteiger partial charge in [-0.1, -0.05) is 63.6 Å². The summed E-state index contributed by atoms with van der Waals surface area (Å²) >= 11 is 4.46. The Morgan fingerprint density at radius 2 is 1.95 bits per heavy atom. The van der Waals surface area contributed by atoms with Gasteiger partial charge in [0.05, 0.1) is 5.69 Å². The SMILES string of the molecule is CCc1cccc(C)c1N(S)C(=O)NC1CCCCCC1. The normalized spacial score (nSPS) is 16.3. The number of carbonyl (C=O) groups is 1. The third kappa shape index (κ3) is 4.16. The van der Waals surface area contributed by atoms with E-state index in [2.05, 4.69) is 31.1 Å². The maximum atomic E-state index is 12.5. The van der Waals surface area contributed by atoms with E-state index in [4.69, 9.17) is 0 Å². The van der Waals surface area contributed by atoms with E-state index in [0.717, 1.165) is 36.1 Å². The van der Waals surface area contributed by atoms with Crippen molar-refractivity contribution in [1.29, 1.82) is 0 Å². The van der Waals surface area contributed by atoms with E-state index in [-0.39, 0.29) is 6.03 Å². The highest BCUT2D eigenvalue weighted by Gasteiger charge is 2.21. The minimum Gasteiger partial charge on any atom is -0.334 e. The molecule has 1 aromatic rings. The van der Waals surface area contributed by atoms with Gasteiger partial charge in [0.2, 0.25) is 0 Å². The van der Waals surface area contributed by atoms with Gasteiger partial charge in [-0.3, -0.25) is 0 Å². The summed E-state index contributed by atoms with van der Waals surface area (Å²) in [5.74, 6) is 0. The van der Waals surface area contributed by atoms with Gasteiger partial charge in [-0.15, -0.1) is 0 Å². The first-order chi connectivity index (χ1) is 10.1. The summed E-state index contributed by atoms with van der Waals surface area (Å²) in [6.07, 6.45) is 8.06. The van der Waals surface area contributed by atoms with E-state index in [0.29, 0.717) is 6.04 Å². The minimum atomic E-state index is -0.103. The van der Waals surface area contributed by atoms with Gasteiger partial charge in [0, 0.05) is 6.04 Å². The molecule has 1 fully saturated rings. The number of para-hydroxylation sites is 1. The van der Waals surface area contributed by atoms with Crippen LogP contribution in [0.4, 0.5) is 10.5 Å². The smallest absolute Gasteiger partial charge is 0.332 e. The molecule has 0 bridgehead atoms. The largest absolute Gasteiger partial charge is 0.334 e. The van der Waals surface area contributed by atoms with Crippen LogP contribution in [0.15, 0.2) is 18.2 Å². The van der Waals surface area contributed by atoms with Gasteiger partial charge in [0.15, 0.2) is 0 Å². The standard InChI is InChI=1S/C17H26N2OS/c1-3-14-10-8-9-13(2)16(14)19(21)17(20)18-15-11-6-4-5-7-12-15/h8-10,15,21H,3-7,11-12H2,1-2H3,(H,18,20). The van der Waals surface area contributed by atoms with Gasteiger partial charge in [0.25, 0.3) is 0 Å². The van der Waals surface area contributed by atoms with Crippen LogP contribution in [-0.4, -0.2) is 12.1 Å². The van der Waals surface area contributed by atoms with Gasteiger partial charge in [-0.25, -0.2) is 9.10 Å². The molecule has 0 heterocycles. The fourth-order valence-corrected chi connectivity index (χ4v) is 3.41. The molecule has 116 valence electrons. The number of urea groups is 1. The fourth-order valence-electron chi connectivity index (χ4n) is 3.07. The molecule has 1 aliphatic rings. The zero-order valence-electron chi connectivity index (χ0n) is 13.1. The summed E-state index contributed by atoms with van der Waals surface area (Å²) in [6.45, 7) is 4.12. The summed E-state index contributed by atoms with van der Waals surface area (Å²) in [5.41, 5.74) is 3.16. The lowest BCUT2D eigenvalue weighted by Gasteiger charge is -2.24. The van der Waals surface area contributed by atoms with Crippen molar-refractivity contribution in [2.24, 2.45) is 0 Å². The molecule has 0 unspecified atom stereocenters. The minimum absolute atomic E-state index is 0.103. The molecule has 0 spiro atoms. The van der Waals surface area contributed by atoms with E-state index >= 15 is 0 Å². The Hall–Kier alpha value is -1.16. The number of thiol groups is 1. The molecule has 3 nitrogen and oxygen atoms in total. The maximum absolute atomic E-state index is 12.5. The van der Waals surface area contributed by atoms with Crippen LogP contribution in [0.2, 0.25) is 0 Å². The quantitative estimate of drug-likeness (QED) is 0.619. The monoisotopic (exact) mass is 306 g/mol. The molecule has 4 heteroatoms. The van der Waals surface area contributed by atoms with Gasteiger partial charge < -0.3 is 5.32 Å². The summed E-state index contributed by atoms with van der Waals surface area (Å²) in [6, 6.07) is 6.31. The van der Waals surface area contributed by atoms with Crippen LogP contribution < -0.4 is 9.62 Å². The molecular formula is C17H26N2OS. The average Bonchev–Trinajstić information content (AvgIpc) is 2.74. The number of aryl methyl sites for hydroxylation is 2. The molecular weight excluding hydrogens is 280 g/mol. The van der Waals surface area contributed by atoms with Crippen molar-refractivity contribution < 1.29 is 4.79 Å². The Morgan fingerprint density at radius 3 is 2.57 bits per heavy atom. The number of nitrogens with one attached hydrogen (secondary N) is 1. The van der Waals surface area contributed by atoms with Crippen molar-refractivity contribution in [3.8, 4) is 0 Å². The van der Waals surface area contributed by atoms with Crippen molar-refractivity contribution in [3.63, 3.8) is 0 Å². The molecule has 0 aliphatic heterocycles. The lowest BCUT2D eigenvalue weighted by Crippen LogP contribution is -2.41. The van der Waals surface area contributed by atoms with Crippen LogP contribution in [0.25, 0.3) is 0 Å². The first-order valence-corrected chi connectivity index (χ1v) is 8.41. The zero-order valence-corrected chi connectivity index (χ0v) is 14.0. The highest BCUT2D eigenvalue weighted by molar-refractivity contribution is 7.82. The molecule has 1 aromatic carbocycles. The molecule has 2 amide bonds. The Balaban J connectivity index is 2.08. The highest BCUT2D eigenvalue weighted by Crippen LogP contribution is 2.27. The van der Waals surface area contributed by atoms with Gasteiger partial charge in [-0.05, 0) is 37.3 Å². The van der Waals surface area contributed by atoms with Crippen molar-refractivity contribution in [1.82, 2.24) is 5.32 Å². The van der Waals surface area contributed by atoms with Crippen LogP contribution >= 0.6 is 12.8 Å². The Labute approximate surface area is 133 Å². The van der Waals surface area contributed by atoms with Crippen LogP contribution in [-0.2, 0) is 6.42 Å². The Kier molecular flexibility index (Phi) is 5.97. The third-order valence-corrected chi connectivity index (χ3v) is 4.67. The number of hydrogen-bond donors (Lipinski definition) is 2. The highest BCUT2D eigenvalue weighted by atomic mass is 32.1. The summed E-state index contributed by atoms with van der Waals surface area (Å²) in [7, 11) is 0. The van der Waals surface area contributed by atoms with E-state index in [1.165, 1.54) is 30.0 Å². The average molecular weight is 306 g/mol. The van der Waals surface area contributed by atoms with Crippen LogP contribution in [0.3, 0.4) is 0 Å². The third-order valence-electron chi connectivity index (χ3n) is 4.29. The molecule has 1 aliphatic carbocycles.